The van der Waals surface area contributed by atoms with Crippen LogP contribution in [-0.4, -0.2) is 28.4 Å². The molecule has 7 heteroatoms. The van der Waals surface area contributed by atoms with E-state index in [0.717, 1.165) is 12.1 Å². The molecule has 0 bridgehead atoms. The van der Waals surface area contributed by atoms with Crippen molar-refractivity contribution in [1.29, 1.82) is 0 Å². The van der Waals surface area contributed by atoms with E-state index in [1.54, 1.807) is 6.92 Å². The van der Waals surface area contributed by atoms with Crippen LogP contribution in [0.15, 0.2) is 24.3 Å². The van der Waals surface area contributed by atoms with Crippen molar-refractivity contribution in [1.82, 2.24) is 0 Å². The molecule has 108 valence electrons. The average Bonchev–Trinajstić information content (AvgIpc) is 2.38. The number of benzene rings is 1. The van der Waals surface area contributed by atoms with E-state index in [4.69, 9.17) is 4.74 Å². The van der Waals surface area contributed by atoms with Crippen molar-refractivity contribution in [2.75, 3.05) is 6.61 Å². The quantitative estimate of drug-likeness (QED) is 0.479. The lowest BCUT2D eigenvalue weighted by molar-refractivity contribution is -0.384. The van der Waals surface area contributed by atoms with Crippen molar-refractivity contribution in [3.05, 3.63) is 39.9 Å². The highest BCUT2D eigenvalue weighted by Gasteiger charge is 2.41. The number of nitro benzene ring substituents is 1. The van der Waals surface area contributed by atoms with Gasteiger partial charge in [-0.15, -0.1) is 0 Å². The maximum atomic E-state index is 11.9. The normalized spacial score (nSPS) is 13.3. The Morgan fingerprint density at radius 3 is 2.30 bits per heavy atom. The van der Waals surface area contributed by atoms with Gasteiger partial charge in [0.05, 0.1) is 11.5 Å². The zero-order valence-electron chi connectivity index (χ0n) is 11.2. The topological polar surface area (TPSA) is 107 Å². The molecule has 0 saturated heterocycles. The van der Waals surface area contributed by atoms with Crippen LogP contribution < -0.4 is 0 Å². The molecule has 7 nitrogen and oxygen atoms in total. The fourth-order valence-corrected chi connectivity index (χ4v) is 1.76. The predicted octanol–water partition coefficient (Wildman–Crippen LogP) is 1.32. The molecule has 0 heterocycles. The molecule has 0 radical (unpaired) electrons. The van der Waals surface area contributed by atoms with E-state index in [9.17, 15) is 24.8 Å². The molecular formula is C13H15NO6. The van der Waals surface area contributed by atoms with Crippen molar-refractivity contribution < 1.29 is 24.4 Å². The number of ketones is 1. The zero-order chi connectivity index (χ0) is 15.3. The van der Waals surface area contributed by atoms with Crippen LogP contribution in [0.2, 0.25) is 0 Å². The summed E-state index contributed by atoms with van der Waals surface area (Å²) in [5.74, 6) is -1.36. The van der Waals surface area contributed by atoms with Crippen molar-refractivity contribution in [2.24, 2.45) is 0 Å². The monoisotopic (exact) mass is 281 g/mol. The molecular weight excluding hydrogens is 266 g/mol. The maximum absolute atomic E-state index is 11.9. The molecule has 1 unspecified atom stereocenters. The second-order valence-electron chi connectivity index (χ2n) is 4.26. The van der Waals surface area contributed by atoms with E-state index in [0.29, 0.717) is 0 Å². The first-order valence-corrected chi connectivity index (χ1v) is 5.95. The van der Waals surface area contributed by atoms with Crippen molar-refractivity contribution in [3.8, 4) is 0 Å². The third kappa shape index (κ3) is 3.39. The van der Waals surface area contributed by atoms with E-state index < -0.39 is 28.7 Å². The number of aliphatic hydroxyl groups is 1. The summed E-state index contributed by atoms with van der Waals surface area (Å²) in [4.78, 5) is 33.1. The van der Waals surface area contributed by atoms with Gasteiger partial charge in [0.1, 0.15) is 5.78 Å². The third-order valence-electron chi connectivity index (χ3n) is 2.67. The number of non-ortho nitro benzene ring substituents is 1. The van der Waals surface area contributed by atoms with Crippen LogP contribution in [0.25, 0.3) is 0 Å². The summed E-state index contributed by atoms with van der Waals surface area (Å²) >= 11 is 0. The Morgan fingerprint density at radius 2 is 1.90 bits per heavy atom. The smallest absolute Gasteiger partial charge is 0.343 e. The maximum Gasteiger partial charge on any atom is 0.343 e. The van der Waals surface area contributed by atoms with Gasteiger partial charge in [0.15, 0.2) is 5.60 Å². The molecule has 1 atom stereocenters. The molecule has 0 spiro atoms. The molecule has 0 saturated carbocycles. The van der Waals surface area contributed by atoms with Crippen LogP contribution in [0.1, 0.15) is 25.8 Å². The predicted molar refractivity (Wildman–Crippen MR) is 68.9 cm³/mol. The van der Waals surface area contributed by atoms with E-state index in [1.165, 1.54) is 19.1 Å². The summed E-state index contributed by atoms with van der Waals surface area (Å²) in [5.41, 5.74) is -2.23. The molecule has 0 aliphatic heterocycles. The lowest BCUT2D eigenvalue weighted by Gasteiger charge is -2.25. The van der Waals surface area contributed by atoms with Gasteiger partial charge in [0, 0.05) is 18.6 Å². The van der Waals surface area contributed by atoms with Gasteiger partial charge in [-0.3, -0.25) is 14.9 Å². The number of ether oxygens (including phenoxy) is 1. The van der Waals surface area contributed by atoms with Crippen LogP contribution in [0.5, 0.6) is 0 Å². The number of carbonyl (C=O) groups is 2. The van der Waals surface area contributed by atoms with Gasteiger partial charge in [-0.1, -0.05) is 0 Å². The molecule has 0 aromatic heterocycles. The highest BCUT2D eigenvalue weighted by Crippen LogP contribution is 2.28. The number of carbonyl (C=O) groups excluding carboxylic acids is 2. The van der Waals surface area contributed by atoms with Gasteiger partial charge < -0.3 is 9.84 Å². The first kappa shape index (κ1) is 15.8. The Kier molecular flexibility index (Phi) is 4.93. The minimum atomic E-state index is -2.13. The van der Waals surface area contributed by atoms with Crippen LogP contribution in [0.4, 0.5) is 5.69 Å². The number of hydrogen-bond acceptors (Lipinski definition) is 6. The molecule has 0 amide bonds. The van der Waals surface area contributed by atoms with Crippen molar-refractivity contribution in [2.45, 2.75) is 25.9 Å². The molecule has 1 aromatic rings. The highest BCUT2D eigenvalue weighted by atomic mass is 16.6. The summed E-state index contributed by atoms with van der Waals surface area (Å²) in [5, 5.41) is 21.0. The number of hydrogen-bond donors (Lipinski definition) is 1. The SMILES string of the molecule is CCOC(=O)C(O)(CC(C)=O)c1ccc([N+](=O)[O-])cc1. The Labute approximate surface area is 115 Å². The summed E-state index contributed by atoms with van der Waals surface area (Å²) in [6.45, 7) is 2.85. The average molecular weight is 281 g/mol. The third-order valence-corrected chi connectivity index (χ3v) is 2.67. The minimum absolute atomic E-state index is 0.0476. The van der Waals surface area contributed by atoms with Gasteiger partial charge in [-0.05, 0) is 31.5 Å². The molecule has 0 aliphatic carbocycles. The van der Waals surface area contributed by atoms with Crippen molar-refractivity contribution >= 4 is 17.4 Å². The molecule has 0 aliphatic rings. The van der Waals surface area contributed by atoms with E-state index >= 15 is 0 Å². The summed E-state index contributed by atoms with van der Waals surface area (Å²) in [6.07, 6.45) is -0.455. The molecule has 1 N–H and O–H groups in total. The van der Waals surface area contributed by atoms with Gasteiger partial charge in [-0.2, -0.15) is 0 Å². The summed E-state index contributed by atoms with van der Waals surface area (Å²) in [6, 6.07) is 4.77. The highest BCUT2D eigenvalue weighted by molar-refractivity contribution is 5.88. The number of Topliss-reactive ketones (excluding diaryl/α,β-unsaturated/α-hetero) is 1. The molecule has 0 fully saturated rings. The summed E-state index contributed by atoms with van der Waals surface area (Å²) < 4.78 is 4.76. The summed E-state index contributed by atoms with van der Waals surface area (Å²) in [7, 11) is 0. The van der Waals surface area contributed by atoms with Crippen LogP contribution >= 0.6 is 0 Å². The largest absolute Gasteiger partial charge is 0.464 e. The first-order valence-electron chi connectivity index (χ1n) is 5.95. The second kappa shape index (κ2) is 6.25. The minimum Gasteiger partial charge on any atom is -0.464 e. The Morgan fingerprint density at radius 1 is 1.35 bits per heavy atom. The fourth-order valence-electron chi connectivity index (χ4n) is 1.76. The van der Waals surface area contributed by atoms with Crippen LogP contribution in [0, 0.1) is 10.1 Å². The van der Waals surface area contributed by atoms with Gasteiger partial charge >= 0.3 is 5.97 Å². The van der Waals surface area contributed by atoms with E-state index in [2.05, 4.69) is 0 Å². The number of esters is 1. The second-order valence-corrected chi connectivity index (χ2v) is 4.26. The number of nitrogens with zero attached hydrogens (tertiary/aromatic N) is 1. The number of nitro groups is 1. The van der Waals surface area contributed by atoms with Gasteiger partial charge in [0.25, 0.3) is 5.69 Å². The van der Waals surface area contributed by atoms with E-state index in [-0.39, 0.29) is 17.9 Å². The van der Waals surface area contributed by atoms with Gasteiger partial charge in [-0.25, -0.2) is 4.79 Å². The van der Waals surface area contributed by atoms with Crippen molar-refractivity contribution in [3.63, 3.8) is 0 Å². The Hall–Kier alpha value is -2.28. The molecule has 1 rings (SSSR count). The zero-order valence-corrected chi connectivity index (χ0v) is 11.2. The molecule has 20 heavy (non-hydrogen) atoms. The lowest BCUT2D eigenvalue weighted by Crippen LogP contribution is -2.39. The molecule has 1 aromatic carbocycles. The van der Waals surface area contributed by atoms with Gasteiger partial charge in [0.2, 0.25) is 0 Å². The van der Waals surface area contributed by atoms with Crippen LogP contribution in [0.3, 0.4) is 0 Å². The Bertz CT molecular complexity index is 524. The Balaban J connectivity index is 3.19. The standard InChI is InChI=1S/C13H15NO6/c1-3-20-12(16)13(17,8-9(2)15)10-4-6-11(7-5-10)14(18)19/h4-7,17H,3,8H2,1-2H3. The first-order chi connectivity index (χ1) is 9.31. The lowest BCUT2D eigenvalue weighted by atomic mass is 9.89. The van der Waals surface area contributed by atoms with E-state index in [1.807, 2.05) is 0 Å². The van der Waals surface area contributed by atoms with Crippen LogP contribution in [-0.2, 0) is 19.9 Å². The fraction of sp³-hybridized carbons (Fsp3) is 0.385. The number of rotatable bonds is 6.